The molecular formula is C24H26N4O. The molecule has 0 spiro atoms. The average molecular weight is 386 g/mol. The third-order valence-electron chi connectivity index (χ3n) is 6.65. The van der Waals surface area contributed by atoms with Crippen LogP contribution in [0, 0.1) is 5.92 Å². The van der Waals surface area contributed by atoms with Gasteiger partial charge in [-0.05, 0) is 54.9 Å². The number of aromatic nitrogens is 3. The van der Waals surface area contributed by atoms with Crippen molar-refractivity contribution in [3.63, 3.8) is 0 Å². The zero-order valence-corrected chi connectivity index (χ0v) is 16.5. The molecule has 2 aliphatic rings. The van der Waals surface area contributed by atoms with E-state index in [1.165, 1.54) is 24.8 Å². The van der Waals surface area contributed by atoms with Crippen LogP contribution in [0.2, 0.25) is 0 Å². The fourth-order valence-electron chi connectivity index (χ4n) is 5.28. The number of fused-ring (bicyclic) bond motifs is 1. The Hall–Kier alpha value is -2.95. The summed E-state index contributed by atoms with van der Waals surface area (Å²) >= 11 is 0. The van der Waals surface area contributed by atoms with Crippen molar-refractivity contribution in [3.05, 3.63) is 72.2 Å². The molecule has 0 radical (unpaired) electrons. The van der Waals surface area contributed by atoms with Gasteiger partial charge in [0.1, 0.15) is 5.69 Å². The molecule has 5 heteroatoms. The molecule has 1 amide bonds. The van der Waals surface area contributed by atoms with Crippen LogP contribution in [0.1, 0.15) is 54.1 Å². The first-order chi connectivity index (χ1) is 14.3. The molecule has 5 rings (SSSR count). The second-order valence-corrected chi connectivity index (χ2v) is 8.22. The Morgan fingerprint density at radius 2 is 1.79 bits per heavy atom. The summed E-state index contributed by atoms with van der Waals surface area (Å²) in [7, 11) is 0. The molecule has 1 saturated heterocycles. The lowest BCUT2D eigenvalue weighted by Gasteiger charge is -2.48. The van der Waals surface area contributed by atoms with E-state index in [1.54, 1.807) is 12.4 Å². The van der Waals surface area contributed by atoms with Gasteiger partial charge in [0.15, 0.2) is 0 Å². The van der Waals surface area contributed by atoms with E-state index in [-0.39, 0.29) is 5.91 Å². The first kappa shape index (κ1) is 18.1. The third-order valence-corrected chi connectivity index (χ3v) is 6.65. The molecule has 1 aliphatic carbocycles. The summed E-state index contributed by atoms with van der Waals surface area (Å²) < 4.78 is 0. The number of hydrogen-bond acceptors (Lipinski definition) is 3. The van der Waals surface area contributed by atoms with Crippen LogP contribution in [0.4, 0.5) is 0 Å². The fourth-order valence-corrected chi connectivity index (χ4v) is 5.28. The Labute approximate surface area is 171 Å². The second-order valence-electron chi connectivity index (χ2n) is 8.22. The molecule has 3 atom stereocenters. The number of nitrogens with zero attached hydrogens (tertiary/aromatic N) is 3. The third kappa shape index (κ3) is 3.46. The summed E-state index contributed by atoms with van der Waals surface area (Å²) in [6.07, 6.45) is 9.30. The number of amides is 1. The van der Waals surface area contributed by atoms with Crippen molar-refractivity contribution in [2.75, 3.05) is 6.54 Å². The number of carbonyl (C=O) groups is 1. The van der Waals surface area contributed by atoms with Gasteiger partial charge in [0.2, 0.25) is 0 Å². The van der Waals surface area contributed by atoms with Gasteiger partial charge >= 0.3 is 0 Å². The lowest BCUT2D eigenvalue weighted by atomic mass is 9.69. The highest BCUT2D eigenvalue weighted by Crippen LogP contribution is 2.44. The smallest absolute Gasteiger partial charge is 0.272 e. The SMILES string of the molecule is O=C(c1cc(-c2ccncc2)n[nH]1)N1CC[C@H](c2ccccc2)[C@H]2CCCC[C@H]21. The molecule has 1 aromatic carbocycles. The molecule has 2 fully saturated rings. The minimum Gasteiger partial charge on any atom is -0.334 e. The molecule has 0 bridgehead atoms. The highest BCUT2D eigenvalue weighted by Gasteiger charge is 2.42. The molecule has 3 aromatic rings. The topological polar surface area (TPSA) is 61.9 Å². The Kier molecular flexibility index (Phi) is 4.88. The van der Waals surface area contributed by atoms with Gasteiger partial charge in [-0.3, -0.25) is 14.9 Å². The van der Waals surface area contributed by atoms with Gasteiger partial charge in [-0.1, -0.05) is 43.2 Å². The lowest BCUT2D eigenvalue weighted by Crippen LogP contribution is -2.52. The summed E-state index contributed by atoms with van der Waals surface area (Å²) in [4.78, 5) is 19.6. The summed E-state index contributed by atoms with van der Waals surface area (Å²) in [5.41, 5.74) is 3.76. The predicted molar refractivity (Wildman–Crippen MR) is 112 cm³/mol. The fraction of sp³-hybridized carbons (Fsp3) is 0.375. The van der Waals surface area contributed by atoms with Crippen molar-refractivity contribution in [1.82, 2.24) is 20.1 Å². The number of aromatic amines is 1. The summed E-state index contributed by atoms with van der Waals surface area (Å²) in [6.45, 7) is 0.809. The number of benzene rings is 1. The number of hydrogen-bond donors (Lipinski definition) is 1. The molecule has 1 N–H and O–H groups in total. The molecule has 1 aliphatic heterocycles. The maximum Gasteiger partial charge on any atom is 0.272 e. The normalized spacial score (nSPS) is 24.1. The lowest BCUT2D eigenvalue weighted by molar-refractivity contribution is 0.0314. The first-order valence-electron chi connectivity index (χ1n) is 10.6. The van der Waals surface area contributed by atoms with Crippen LogP contribution >= 0.6 is 0 Å². The number of rotatable bonds is 3. The van der Waals surface area contributed by atoms with Crippen LogP contribution in [0.25, 0.3) is 11.3 Å². The molecule has 29 heavy (non-hydrogen) atoms. The van der Waals surface area contributed by atoms with E-state index < -0.39 is 0 Å². The molecule has 0 unspecified atom stereocenters. The highest BCUT2D eigenvalue weighted by molar-refractivity contribution is 5.93. The van der Waals surface area contributed by atoms with Gasteiger partial charge in [-0.2, -0.15) is 5.10 Å². The van der Waals surface area contributed by atoms with Gasteiger partial charge in [0, 0.05) is 30.5 Å². The van der Waals surface area contributed by atoms with Crippen LogP contribution < -0.4 is 0 Å². The van der Waals surface area contributed by atoms with Crippen molar-refractivity contribution in [2.45, 2.75) is 44.1 Å². The monoisotopic (exact) mass is 386 g/mol. The first-order valence-corrected chi connectivity index (χ1v) is 10.6. The minimum absolute atomic E-state index is 0.0845. The number of likely N-dealkylation sites (tertiary alicyclic amines) is 1. The Balaban J connectivity index is 1.39. The highest BCUT2D eigenvalue weighted by atomic mass is 16.2. The Bertz CT molecular complexity index is 969. The van der Waals surface area contributed by atoms with E-state index in [2.05, 4.69) is 50.4 Å². The molecule has 3 heterocycles. The van der Waals surface area contributed by atoms with E-state index in [0.717, 1.165) is 30.6 Å². The van der Waals surface area contributed by atoms with Crippen molar-refractivity contribution in [2.24, 2.45) is 5.92 Å². The zero-order valence-electron chi connectivity index (χ0n) is 16.5. The summed E-state index contributed by atoms with van der Waals surface area (Å²) in [5, 5.41) is 7.35. The van der Waals surface area contributed by atoms with Gasteiger partial charge in [0.05, 0.1) is 5.69 Å². The van der Waals surface area contributed by atoms with Crippen molar-refractivity contribution in [1.29, 1.82) is 0 Å². The van der Waals surface area contributed by atoms with Crippen LogP contribution in [0.3, 0.4) is 0 Å². The van der Waals surface area contributed by atoms with Crippen molar-refractivity contribution in [3.8, 4) is 11.3 Å². The molecule has 148 valence electrons. The number of carbonyl (C=O) groups excluding carboxylic acids is 1. The Morgan fingerprint density at radius 3 is 2.62 bits per heavy atom. The summed E-state index contributed by atoms with van der Waals surface area (Å²) in [5.74, 6) is 1.19. The largest absolute Gasteiger partial charge is 0.334 e. The number of H-pyrrole nitrogens is 1. The quantitative estimate of drug-likeness (QED) is 0.712. The van der Waals surface area contributed by atoms with E-state index in [9.17, 15) is 4.79 Å². The molecular weight excluding hydrogens is 360 g/mol. The van der Waals surface area contributed by atoms with Gasteiger partial charge < -0.3 is 4.90 Å². The van der Waals surface area contributed by atoms with Gasteiger partial charge in [0.25, 0.3) is 5.91 Å². The minimum atomic E-state index is 0.0845. The maximum absolute atomic E-state index is 13.4. The van der Waals surface area contributed by atoms with E-state index >= 15 is 0 Å². The standard InChI is InChI=1S/C24H26N4O/c29-24(22-16-21(26-27-22)18-10-13-25-14-11-18)28-15-12-19(17-6-2-1-3-7-17)20-8-4-5-9-23(20)28/h1-3,6-7,10-11,13-14,16,19-20,23H,4-5,8-9,12,15H2,(H,26,27)/t19-,20-,23-/m1/s1. The van der Waals surface area contributed by atoms with Crippen molar-refractivity contribution < 1.29 is 4.79 Å². The summed E-state index contributed by atoms with van der Waals surface area (Å²) in [6, 6.07) is 16.9. The molecule has 1 saturated carbocycles. The molecule has 5 nitrogen and oxygen atoms in total. The maximum atomic E-state index is 13.4. The van der Waals surface area contributed by atoms with E-state index in [0.29, 0.717) is 23.6 Å². The van der Waals surface area contributed by atoms with Crippen molar-refractivity contribution >= 4 is 5.91 Å². The van der Waals surface area contributed by atoms with Crippen LogP contribution in [0.15, 0.2) is 60.9 Å². The van der Waals surface area contributed by atoms with Gasteiger partial charge in [-0.25, -0.2) is 0 Å². The number of pyridine rings is 1. The molecule has 2 aromatic heterocycles. The second kappa shape index (κ2) is 7.82. The predicted octanol–water partition coefficient (Wildman–Crippen LogP) is 4.66. The number of piperidine rings is 1. The van der Waals surface area contributed by atoms with Crippen LogP contribution in [0.5, 0.6) is 0 Å². The average Bonchev–Trinajstić information content (AvgIpc) is 3.29. The Morgan fingerprint density at radius 1 is 1.00 bits per heavy atom. The van der Waals surface area contributed by atoms with Gasteiger partial charge in [-0.15, -0.1) is 0 Å². The van der Waals surface area contributed by atoms with E-state index in [4.69, 9.17) is 0 Å². The van der Waals surface area contributed by atoms with Crippen LogP contribution in [-0.2, 0) is 0 Å². The van der Waals surface area contributed by atoms with E-state index in [1.807, 2.05) is 18.2 Å². The zero-order chi connectivity index (χ0) is 19.6. The number of nitrogens with one attached hydrogen (secondary N) is 1. The van der Waals surface area contributed by atoms with Crippen LogP contribution in [-0.4, -0.2) is 38.6 Å².